The molecule has 1 aliphatic rings. The van der Waals surface area contributed by atoms with Gasteiger partial charge in [0.25, 0.3) is 0 Å². The Balaban J connectivity index is 2.96. The molecule has 0 N–H and O–H groups in total. The normalized spacial score (nSPS) is 30.2. The average Bonchev–Trinajstić information content (AvgIpc) is 2.36. The van der Waals surface area contributed by atoms with E-state index < -0.39 is 5.54 Å². The molecule has 16 heavy (non-hydrogen) atoms. The molecule has 1 aliphatic heterocycles. The molecule has 0 bridgehead atoms. The van der Waals surface area contributed by atoms with Crippen LogP contribution in [0.15, 0.2) is 33.6 Å². The number of halogens is 1. The molecular formula is C11H15ClN2OS. The smallest absolute Gasteiger partial charge is 0.112 e. The third kappa shape index (κ3) is 3.47. The first-order chi connectivity index (χ1) is 7.48. The lowest BCUT2D eigenvalue weighted by molar-refractivity contribution is 0.0683. The van der Waals surface area contributed by atoms with Crippen LogP contribution in [-0.4, -0.2) is 30.3 Å². The van der Waals surface area contributed by atoms with Gasteiger partial charge in [-0.1, -0.05) is 30.3 Å². The number of methoxy groups -OCH3 is 1. The maximum atomic E-state index is 5.91. The molecule has 2 atom stereocenters. The van der Waals surface area contributed by atoms with Gasteiger partial charge in [0, 0.05) is 13.5 Å². The van der Waals surface area contributed by atoms with Gasteiger partial charge >= 0.3 is 0 Å². The fraction of sp³-hybridized carbons (Fsp3) is 0.455. The maximum Gasteiger partial charge on any atom is 0.112 e. The Bertz CT molecular complexity index is 365. The van der Waals surface area contributed by atoms with Gasteiger partial charge in [-0.25, -0.2) is 4.99 Å². The molecule has 1 rings (SSSR count). The van der Waals surface area contributed by atoms with Gasteiger partial charge in [-0.3, -0.25) is 4.99 Å². The predicted molar refractivity (Wildman–Crippen MR) is 72.9 cm³/mol. The minimum Gasteiger partial charge on any atom is -0.378 e. The van der Waals surface area contributed by atoms with E-state index in [1.165, 1.54) is 6.34 Å². The Morgan fingerprint density at radius 2 is 2.50 bits per heavy atom. The summed E-state index contributed by atoms with van der Waals surface area (Å²) in [4.78, 5) is 8.99. The SMILES string of the molecule is C=C(S)/C=C\[C@@]1(C)N=CN=C(Cl)CC1OC. The number of rotatable bonds is 3. The van der Waals surface area contributed by atoms with E-state index in [0.29, 0.717) is 16.5 Å². The van der Waals surface area contributed by atoms with E-state index in [4.69, 9.17) is 16.3 Å². The minimum absolute atomic E-state index is 0.147. The number of thiol groups is 1. The quantitative estimate of drug-likeness (QED) is 0.613. The molecule has 1 heterocycles. The lowest BCUT2D eigenvalue weighted by Crippen LogP contribution is -2.37. The Labute approximate surface area is 106 Å². The third-order valence-corrected chi connectivity index (χ3v) is 2.84. The summed E-state index contributed by atoms with van der Waals surface area (Å²) in [5.41, 5.74) is -0.499. The van der Waals surface area contributed by atoms with Crippen molar-refractivity contribution in [2.45, 2.75) is 25.0 Å². The van der Waals surface area contributed by atoms with Gasteiger partial charge in [-0.05, 0) is 11.8 Å². The summed E-state index contributed by atoms with van der Waals surface area (Å²) in [5.74, 6) is 0. The van der Waals surface area contributed by atoms with Crippen LogP contribution in [0.5, 0.6) is 0 Å². The summed E-state index contributed by atoms with van der Waals surface area (Å²) in [6.07, 6.45) is 5.56. The van der Waals surface area contributed by atoms with E-state index in [2.05, 4.69) is 29.2 Å². The lowest BCUT2D eigenvalue weighted by atomic mass is 9.92. The lowest BCUT2D eigenvalue weighted by Gasteiger charge is -2.28. The van der Waals surface area contributed by atoms with Crippen molar-refractivity contribution >= 4 is 35.7 Å². The van der Waals surface area contributed by atoms with Gasteiger partial charge in [0.2, 0.25) is 0 Å². The zero-order valence-corrected chi connectivity index (χ0v) is 11.0. The van der Waals surface area contributed by atoms with E-state index in [9.17, 15) is 0 Å². The molecular weight excluding hydrogens is 244 g/mol. The van der Waals surface area contributed by atoms with Crippen molar-refractivity contribution in [3.8, 4) is 0 Å². The molecule has 0 aromatic carbocycles. The molecule has 0 radical (unpaired) electrons. The van der Waals surface area contributed by atoms with Gasteiger partial charge in [-0.2, -0.15) is 0 Å². The largest absolute Gasteiger partial charge is 0.378 e. The molecule has 0 saturated carbocycles. The van der Waals surface area contributed by atoms with Gasteiger partial charge in [-0.15, -0.1) is 12.6 Å². The standard InChI is InChI=1S/C11H15ClN2OS/c1-8(16)4-5-11(2)9(15-3)6-10(12)13-7-14-11/h4-5,7,9,16H,1,6H2,2-3H3/b5-4-/t9?,11-/m1/s1. The highest BCUT2D eigenvalue weighted by Crippen LogP contribution is 2.26. The molecule has 88 valence electrons. The number of allylic oxidation sites excluding steroid dienone is 1. The first-order valence-corrected chi connectivity index (χ1v) is 5.66. The molecule has 1 unspecified atom stereocenters. The fourth-order valence-electron chi connectivity index (χ4n) is 1.45. The van der Waals surface area contributed by atoms with E-state index in [1.807, 2.05) is 13.0 Å². The van der Waals surface area contributed by atoms with Crippen molar-refractivity contribution in [3.05, 3.63) is 23.6 Å². The highest BCUT2D eigenvalue weighted by atomic mass is 35.5. The van der Waals surface area contributed by atoms with Crippen LogP contribution in [0.4, 0.5) is 0 Å². The Kier molecular flexibility index (Phi) is 4.77. The van der Waals surface area contributed by atoms with Crippen LogP contribution >= 0.6 is 24.2 Å². The second kappa shape index (κ2) is 5.66. The van der Waals surface area contributed by atoms with E-state index in [0.717, 1.165) is 0 Å². The molecule has 0 aliphatic carbocycles. The first-order valence-electron chi connectivity index (χ1n) is 4.83. The van der Waals surface area contributed by atoms with E-state index in [-0.39, 0.29) is 6.10 Å². The van der Waals surface area contributed by atoms with E-state index in [1.54, 1.807) is 13.2 Å². The van der Waals surface area contributed by atoms with Crippen molar-refractivity contribution in [1.82, 2.24) is 0 Å². The topological polar surface area (TPSA) is 34.0 Å². The van der Waals surface area contributed by atoms with Crippen molar-refractivity contribution in [2.24, 2.45) is 9.98 Å². The summed E-state index contributed by atoms with van der Waals surface area (Å²) in [7, 11) is 1.64. The molecule has 5 heteroatoms. The minimum atomic E-state index is -0.499. The van der Waals surface area contributed by atoms with Crippen molar-refractivity contribution in [1.29, 1.82) is 0 Å². The second-order valence-electron chi connectivity index (χ2n) is 3.73. The number of aliphatic imine (C=N–C) groups is 2. The zero-order valence-electron chi connectivity index (χ0n) is 9.35. The third-order valence-electron chi connectivity index (χ3n) is 2.44. The summed E-state index contributed by atoms with van der Waals surface area (Å²) < 4.78 is 5.40. The second-order valence-corrected chi connectivity index (χ2v) is 4.74. The fourth-order valence-corrected chi connectivity index (χ4v) is 1.71. The van der Waals surface area contributed by atoms with Gasteiger partial charge in [0.15, 0.2) is 0 Å². The molecule has 0 aromatic heterocycles. The summed E-state index contributed by atoms with van der Waals surface area (Å²) in [6.45, 7) is 5.64. The predicted octanol–water partition coefficient (Wildman–Crippen LogP) is 2.83. The van der Waals surface area contributed by atoms with Crippen LogP contribution in [0.2, 0.25) is 0 Å². The first kappa shape index (κ1) is 13.5. The van der Waals surface area contributed by atoms with Crippen LogP contribution in [0.1, 0.15) is 13.3 Å². The molecule has 3 nitrogen and oxygen atoms in total. The Morgan fingerprint density at radius 1 is 1.81 bits per heavy atom. The molecule has 0 saturated heterocycles. The van der Waals surface area contributed by atoms with Crippen molar-refractivity contribution < 1.29 is 4.74 Å². The number of hydrogen-bond donors (Lipinski definition) is 1. The van der Waals surface area contributed by atoms with Crippen LogP contribution < -0.4 is 0 Å². The Hall–Kier alpha value is -0.580. The number of nitrogens with zero attached hydrogens (tertiary/aromatic N) is 2. The van der Waals surface area contributed by atoms with Gasteiger partial charge in [0.1, 0.15) is 17.0 Å². The molecule has 0 aromatic rings. The van der Waals surface area contributed by atoms with E-state index >= 15 is 0 Å². The Morgan fingerprint density at radius 3 is 3.06 bits per heavy atom. The molecule has 0 spiro atoms. The van der Waals surface area contributed by atoms with Crippen LogP contribution in [0.3, 0.4) is 0 Å². The molecule has 0 amide bonds. The summed E-state index contributed by atoms with van der Waals surface area (Å²) in [6, 6.07) is 0. The highest BCUT2D eigenvalue weighted by Gasteiger charge is 2.33. The van der Waals surface area contributed by atoms with Gasteiger partial charge < -0.3 is 4.74 Å². The van der Waals surface area contributed by atoms with Gasteiger partial charge in [0.05, 0.1) is 6.10 Å². The van der Waals surface area contributed by atoms with Crippen molar-refractivity contribution in [2.75, 3.05) is 7.11 Å². The van der Waals surface area contributed by atoms with Crippen molar-refractivity contribution in [3.63, 3.8) is 0 Å². The maximum absolute atomic E-state index is 5.91. The van der Waals surface area contributed by atoms with Crippen LogP contribution in [-0.2, 0) is 4.74 Å². The van der Waals surface area contributed by atoms with Crippen LogP contribution in [0.25, 0.3) is 0 Å². The zero-order chi connectivity index (χ0) is 12.2. The number of hydrogen-bond acceptors (Lipinski definition) is 4. The molecule has 0 fully saturated rings. The summed E-state index contributed by atoms with van der Waals surface area (Å²) >= 11 is 10.0. The summed E-state index contributed by atoms with van der Waals surface area (Å²) in [5, 5.41) is 0.498. The number of ether oxygens (including phenoxy) is 1. The highest BCUT2D eigenvalue weighted by molar-refractivity contribution is 7.84. The monoisotopic (exact) mass is 258 g/mol. The average molecular weight is 259 g/mol. The van der Waals surface area contributed by atoms with Crippen LogP contribution in [0, 0.1) is 0 Å².